The SMILES string of the molecule is CCCCCCCCCCCCCCCCCCCCCC(=O)[O-].O.[NH4+]. The van der Waals surface area contributed by atoms with Crippen LogP contribution >= 0.6 is 0 Å². The van der Waals surface area contributed by atoms with Crippen LogP contribution in [0, 0.1) is 0 Å². The molecule has 0 unspecified atom stereocenters. The number of rotatable bonds is 20. The predicted octanol–water partition coefficient (Wildman–Crippen LogP) is 6.11. The Balaban J connectivity index is -0.00000264. The van der Waals surface area contributed by atoms with Crippen molar-refractivity contribution in [1.82, 2.24) is 6.15 Å². The Morgan fingerprint density at radius 2 is 0.769 bits per heavy atom. The monoisotopic (exact) mass is 375 g/mol. The van der Waals surface area contributed by atoms with E-state index in [0.717, 1.165) is 12.8 Å². The lowest BCUT2D eigenvalue weighted by Crippen LogP contribution is -2.21. The highest BCUT2D eigenvalue weighted by Gasteiger charge is 1.95. The zero-order valence-electron chi connectivity index (χ0n) is 18.0. The van der Waals surface area contributed by atoms with Crippen LogP contribution in [0.4, 0.5) is 0 Å². The van der Waals surface area contributed by atoms with E-state index in [1.165, 1.54) is 109 Å². The number of aliphatic carboxylic acids is 1. The van der Waals surface area contributed by atoms with Gasteiger partial charge in [0.2, 0.25) is 0 Å². The molecule has 4 heteroatoms. The van der Waals surface area contributed by atoms with E-state index in [-0.39, 0.29) is 18.0 Å². The minimum absolute atomic E-state index is 0. The van der Waals surface area contributed by atoms with Gasteiger partial charge < -0.3 is 21.5 Å². The van der Waals surface area contributed by atoms with Gasteiger partial charge in [0.05, 0.1) is 0 Å². The lowest BCUT2D eigenvalue weighted by molar-refractivity contribution is -0.305. The van der Waals surface area contributed by atoms with Crippen LogP contribution in [0.5, 0.6) is 0 Å². The third-order valence-corrected chi connectivity index (χ3v) is 4.98. The quantitative estimate of drug-likeness (QED) is 0.259. The Bertz CT molecular complexity index is 260. The van der Waals surface area contributed by atoms with Gasteiger partial charge in [-0.05, 0) is 12.8 Å². The molecule has 0 radical (unpaired) electrons. The molecule has 0 saturated carbocycles. The van der Waals surface area contributed by atoms with Gasteiger partial charge in [-0.25, -0.2) is 0 Å². The van der Waals surface area contributed by atoms with E-state index < -0.39 is 5.97 Å². The molecule has 0 atom stereocenters. The lowest BCUT2D eigenvalue weighted by Gasteiger charge is -2.04. The van der Waals surface area contributed by atoms with Gasteiger partial charge in [0, 0.05) is 5.97 Å². The maximum Gasteiger partial charge on any atom is 0.0414 e. The van der Waals surface area contributed by atoms with Gasteiger partial charge in [-0.1, -0.05) is 122 Å². The summed E-state index contributed by atoms with van der Waals surface area (Å²) in [6.45, 7) is 2.28. The first-order chi connectivity index (χ1) is 11.8. The van der Waals surface area contributed by atoms with Gasteiger partial charge in [0.15, 0.2) is 0 Å². The second kappa shape index (κ2) is 26.6. The summed E-state index contributed by atoms with van der Waals surface area (Å²) in [4.78, 5) is 10.3. The van der Waals surface area contributed by atoms with Crippen LogP contribution < -0.4 is 11.3 Å². The van der Waals surface area contributed by atoms with Crippen LogP contribution in [-0.4, -0.2) is 11.4 Å². The number of carboxylic acids is 1. The molecule has 0 aromatic heterocycles. The zero-order chi connectivity index (χ0) is 17.7. The molecule has 26 heavy (non-hydrogen) atoms. The number of carboxylic acid groups (broad SMARTS) is 1. The van der Waals surface area contributed by atoms with Crippen molar-refractivity contribution in [1.29, 1.82) is 0 Å². The van der Waals surface area contributed by atoms with E-state index in [4.69, 9.17) is 0 Å². The van der Waals surface area contributed by atoms with E-state index in [9.17, 15) is 9.90 Å². The van der Waals surface area contributed by atoms with Crippen molar-refractivity contribution in [3.05, 3.63) is 0 Å². The third kappa shape index (κ3) is 28.2. The molecule has 0 aliphatic rings. The Morgan fingerprint density at radius 3 is 1.00 bits per heavy atom. The molecule has 0 rings (SSSR count). The molecule has 0 aromatic carbocycles. The van der Waals surface area contributed by atoms with Gasteiger partial charge in [-0.3, -0.25) is 0 Å². The average Bonchev–Trinajstić information content (AvgIpc) is 2.56. The average molecular weight is 376 g/mol. The first-order valence-electron chi connectivity index (χ1n) is 11.0. The fraction of sp³-hybridized carbons (Fsp3) is 0.955. The third-order valence-electron chi connectivity index (χ3n) is 4.98. The van der Waals surface area contributed by atoms with E-state index in [2.05, 4.69) is 6.92 Å². The largest absolute Gasteiger partial charge is 0.550 e. The van der Waals surface area contributed by atoms with Crippen molar-refractivity contribution in [2.45, 2.75) is 135 Å². The molecule has 0 saturated heterocycles. The molecule has 0 amide bonds. The number of carbonyl (C=O) groups is 1. The van der Waals surface area contributed by atoms with Gasteiger partial charge in [0.1, 0.15) is 0 Å². The molecule has 0 bridgehead atoms. The maximum atomic E-state index is 10.3. The van der Waals surface area contributed by atoms with Crippen LogP contribution in [0.3, 0.4) is 0 Å². The summed E-state index contributed by atoms with van der Waals surface area (Å²) < 4.78 is 0. The fourth-order valence-electron chi connectivity index (χ4n) is 3.35. The normalized spacial score (nSPS) is 10.2. The van der Waals surface area contributed by atoms with Crippen LogP contribution in [-0.2, 0) is 4.79 Å². The summed E-state index contributed by atoms with van der Waals surface area (Å²) >= 11 is 0. The first-order valence-corrected chi connectivity index (χ1v) is 11.0. The Labute approximate surface area is 163 Å². The summed E-state index contributed by atoms with van der Waals surface area (Å²) in [5, 5.41) is 10.3. The second-order valence-electron chi connectivity index (χ2n) is 7.49. The highest BCUT2D eigenvalue weighted by Crippen LogP contribution is 2.14. The van der Waals surface area contributed by atoms with Gasteiger partial charge in [0.25, 0.3) is 0 Å². The van der Waals surface area contributed by atoms with Gasteiger partial charge >= 0.3 is 0 Å². The van der Waals surface area contributed by atoms with E-state index in [1.807, 2.05) is 0 Å². The topological polar surface area (TPSA) is 108 Å². The highest BCUT2D eigenvalue weighted by atomic mass is 16.4. The molecule has 0 fully saturated rings. The fourth-order valence-corrected chi connectivity index (χ4v) is 3.35. The number of hydrogen-bond acceptors (Lipinski definition) is 2. The zero-order valence-corrected chi connectivity index (χ0v) is 18.0. The molecular weight excluding hydrogens is 326 g/mol. The number of unbranched alkanes of at least 4 members (excludes halogenated alkanes) is 18. The van der Waals surface area contributed by atoms with Gasteiger partial charge in [-0.2, -0.15) is 0 Å². The van der Waals surface area contributed by atoms with E-state index in [1.54, 1.807) is 0 Å². The summed E-state index contributed by atoms with van der Waals surface area (Å²) in [7, 11) is 0. The maximum absolute atomic E-state index is 10.3. The van der Waals surface area contributed by atoms with Crippen molar-refractivity contribution >= 4 is 5.97 Å². The Morgan fingerprint density at radius 1 is 0.538 bits per heavy atom. The standard InChI is InChI=1S/C22H44O2.H3N.H2O/c1-2-3-4-5-6-7-8-9-10-11-12-13-14-15-16-17-18-19-20-21-22(23)24;;/h2-21H2,1H3,(H,23,24);1H3;1H2. The molecule has 6 N–H and O–H groups in total. The Kier molecular flexibility index (Phi) is 30.8. The van der Waals surface area contributed by atoms with Crippen molar-refractivity contribution in [2.24, 2.45) is 0 Å². The summed E-state index contributed by atoms with van der Waals surface area (Å²) in [5.41, 5.74) is 0. The molecule has 0 heterocycles. The number of hydrogen-bond donors (Lipinski definition) is 1. The molecule has 0 aliphatic heterocycles. The van der Waals surface area contributed by atoms with E-state index >= 15 is 0 Å². The van der Waals surface area contributed by atoms with Crippen molar-refractivity contribution in [3.8, 4) is 0 Å². The molecule has 160 valence electrons. The van der Waals surface area contributed by atoms with Crippen molar-refractivity contribution in [2.75, 3.05) is 0 Å². The summed E-state index contributed by atoms with van der Waals surface area (Å²) in [6, 6.07) is 0. The number of quaternary nitrogens is 1. The molecule has 0 aromatic rings. The van der Waals surface area contributed by atoms with Crippen LogP contribution in [0.25, 0.3) is 0 Å². The molecule has 0 spiro atoms. The summed E-state index contributed by atoms with van der Waals surface area (Å²) in [6.07, 6.45) is 25.7. The second-order valence-corrected chi connectivity index (χ2v) is 7.49. The van der Waals surface area contributed by atoms with Crippen molar-refractivity contribution < 1.29 is 15.4 Å². The Hall–Kier alpha value is -0.610. The van der Waals surface area contributed by atoms with Crippen LogP contribution in [0.1, 0.15) is 135 Å². The number of carbonyl (C=O) groups excluding carboxylic acids is 1. The lowest BCUT2D eigenvalue weighted by atomic mass is 10.0. The highest BCUT2D eigenvalue weighted by molar-refractivity contribution is 5.63. The van der Waals surface area contributed by atoms with Gasteiger partial charge in [-0.15, -0.1) is 0 Å². The molecular formula is C22H49NO3. The van der Waals surface area contributed by atoms with E-state index in [0.29, 0.717) is 0 Å². The summed E-state index contributed by atoms with van der Waals surface area (Å²) in [5.74, 6) is -0.901. The van der Waals surface area contributed by atoms with Crippen LogP contribution in [0.15, 0.2) is 0 Å². The predicted molar refractivity (Wildman–Crippen MR) is 113 cm³/mol. The van der Waals surface area contributed by atoms with Crippen LogP contribution in [0.2, 0.25) is 0 Å². The van der Waals surface area contributed by atoms with Crippen molar-refractivity contribution in [3.63, 3.8) is 0 Å². The first kappa shape index (κ1) is 30.1. The molecule has 4 nitrogen and oxygen atoms in total. The minimum Gasteiger partial charge on any atom is -0.550 e. The molecule has 0 aliphatic carbocycles. The minimum atomic E-state index is -0.901. The smallest absolute Gasteiger partial charge is 0.0414 e.